The minimum Gasteiger partial charge on any atom is -0.496 e. The van der Waals surface area contributed by atoms with Gasteiger partial charge in [0.15, 0.2) is 0 Å². The van der Waals surface area contributed by atoms with Crippen molar-refractivity contribution in [3.05, 3.63) is 17.5 Å². The summed E-state index contributed by atoms with van der Waals surface area (Å²) in [5.41, 5.74) is 0. The summed E-state index contributed by atoms with van der Waals surface area (Å²) in [5, 5.41) is 3.02. The largest absolute Gasteiger partial charge is 0.496 e. The van der Waals surface area contributed by atoms with Crippen LogP contribution >= 0.6 is 11.3 Å². The lowest BCUT2D eigenvalue weighted by Gasteiger charge is -2.03. The summed E-state index contributed by atoms with van der Waals surface area (Å²) in [6.45, 7) is 0. The van der Waals surface area contributed by atoms with Gasteiger partial charge in [0.05, 0.1) is 19.6 Å². The fourth-order valence-corrected chi connectivity index (χ4v) is 1.94. The number of hydrogen-bond donors (Lipinski definition) is 0. The third kappa shape index (κ3) is 1.33. The molecular formula is C9H9NO2S. The molecule has 0 aliphatic heterocycles. The van der Waals surface area contributed by atoms with Crippen LogP contribution in [0.5, 0.6) is 11.6 Å². The molecule has 0 aliphatic rings. The lowest BCUT2D eigenvalue weighted by molar-refractivity contribution is 0.386. The Morgan fingerprint density at radius 2 is 2.15 bits per heavy atom. The third-order valence-electron chi connectivity index (χ3n) is 1.81. The lowest BCUT2D eigenvalue weighted by atomic mass is 10.3. The van der Waals surface area contributed by atoms with E-state index in [1.54, 1.807) is 31.6 Å². The summed E-state index contributed by atoms with van der Waals surface area (Å²) in [6, 6.07) is 3.78. The van der Waals surface area contributed by atoms with Crippen molar-refractivity contribution >= 4 is 21.6 Å². The van der Waals surface area contributed by atoms with E-state index < -0.39 is 0 Å². The van der Waals surface area contributed by atoms with E-state index in [1.807, 2.05) is 11.4 Å². The smallest absolute Gasteiger partial charge is 0.218 e. The first-order chi connectivity index (χ1) is 6.35. The minimum absolute atomic E-state index is 0.590. The molecule has 0 N–H and O–H groups in total. The Kier molecular flexibility index (Phi) is 2.06. The fraction of sp³-hybridized carbons (Fsp3) is 0.222. The van der Waals surface area contributed by atoms with Crippen LogP contribution in [0.25, 0.3) is 10.2 Å². The van der Waals surface area contributed by atoms with Crippen LogP contribution < -0.4 is 9.47 Å². The molecule has 0 unspecified atom stereocenters. The number of hydrogen-bond acceptors (Lipinski definition) is 4. The topological polar surface area (TPSA) is 31.4 Å². The molecule has 0 atom stereocenters. The van der Waals surface area contributed by atoms with E-state index in [2.05, 4.69) is 4.98 Å². The average molecular weight is 195 g/mol. The van der Waals surface area contributed by atoms with Crippen molar-refractivity contribution in [2.45, 2.75) is 0 Å². The molecule has 4 heteroatoms. The normalized spacial score (nSPS) is 10.3. The first kappa shape index (κ1) is 8.31. The van der Waals surface area contributed by atoms with E-state index >= 15 is 0 Å². The molecular weight excluding hydrogens is 186 g/mol. The van der Waals surface area contributed by atoms with E-state index in [0.29, 0.717) is 5.88 Å². The molecule has 0 fully saturated rings. The van der Waals surface area contributed by atoms with Gasteiger partial charge >= 0.3 is 0 Å². The van der Waals surface area contributed by atoms with Crippen molar-refractivity contribution in [1.82, 2.24) is 4.98 Å². The predicted octanol–water partition coefficient (Wildman–Crippen LogP) is 2.31. The maximum absolute atomic E-state index is 5.21. The first-order valence-electron chi connectivity index (χ1n) is 3.81. The molecule has 0 radical (unpaired) electrons. The van der Waals surface area contributed by atoms with Crippen molar-refractivity contribution in [3.8, 4) is 11.6 Å². The lowest BCUT2D eigenvalue weighted by Crippen LogP contribution is -1.89. The number of ether oxygens (including phenoxy) is 2. The molecule has 0 aliphatic carbocycles. The number of thiophene rings is 1. The van der Waals surface area contributed by atoms with Gasteiger partial charge < -0.3 is 9.47 Å². The van der Waals surface area contributed by atoms with Gasteiger partial charge in [-0.15, -0.1) is 11.3 Å². The second-order valence-corrected chi connectivity index (χ2v) is 3.40. The number of fused-ring (bicyclic) bond motifs is 1. The van der Waals surface area contributed by atoms with Crippen LogP contribution in [0.3, 0.4) is 0 Å². The quantitative estimate of drug-likeness (QED) is 0.736. The highest BCUT2D eigenvalue weighted by molar-refractivity contribution is 7.16. The van der Waals surface area contributed by atoms with Crippen LogP contribution in [0.1, 0.15) is 0 Å². The molecule has 13 heavy (non-hydrogen) atoms. The zero-order valence-electron chi connectivity index (χ0n) is 7.40. The first-order valence-corrected chi connectivity index (χ1v) is 4.69. The van der Waals surface area contributed by atoms with Gasteiger partial charge in [0.1, 0.15) is 10.6 Å². The molecule has 0 amide bonds. The Hall–Kier alpha value is -1.29. The van der Waals surface area contributed by atoms with Crippen molar-refractivity contribution < 1.29 is 9.47 Å². The van der Waals surface area contributed by atoms with E-state index in [1.165, 1.54) is 0 Å². The highest BCUT2D eigenvalue weighted by Gasteiger charge is 2.06. The van der Waals surface area contributed by atoms with Crippen molar-refractivity contribution in [3.63, 3.8) is 0 Å². The van der Waals surface area contributed by atoms with Crippen molar-refractivity contribution in [1.29, 1.82) is 0 Å². The Balaban J connectivity index is 2.70. The van der Waals surface area contributed by atoms with Crippen LogP contribution in [0.2, 0.25) is 0 Å². The van der Waals surface area contributed by atoms with Gasteiger partial charge in [-0.05, 0) is 11.4 Å². The third-order valence-corrected chi connectivity index (χ3v) is 2.61. The Morgan fingerprint density at radius 3 is 2.85 bits per heavy atom. The monoisotopic (exact) mass is 195 g/mol. The maximum atomic E-state index is 5.21. The van der Waals surface area contributed by atoms with Crippen LogP contribution in [0.15, 0.2) is 17.5 Å². The highest BCUT2D eigenvalue weighted by Crippen LogP contribution is 2.31. The minimum atomic E-state index is 0.590. The second-order valence-electron chi connectivity index (χ2n) is 2.51. The van der Waals surface area contributed by atoms with Gasteiger partial charge in [-0.3, -0.25) is 0 Å². The number of pyridine rings is 1. The standard InChI is InChI=1S/C9H9NO2S/c1-11-7-5-8(12-2)10-9-6(7)3-4-13-9/h3-5H,1-2H3. The highest BCUT2D eigenvalue weighted by atomic mass is 32.1. The molecule has 2 heterocycles. The molecule has 0 aromatic carbocycles. The molecule has 2 aromatic heterocycles. The number of rotatable bonds is 2. The molecule has 0 saturated heterocycles. The number of nitrogens with zero attached hydrogens (tertiary/aromatic N) is 1. The molecule has 2 rings (SSSR count). The Labute approximate surface area is 79.9 Å². The van der Waals surface area contributed by atoms with Crippen LogP contribution in [-0.2, 0) is 0 Å². The maximum Gasteiger partial charge on any atom is 0.218 e. The van der Waals surface area contributed by atoms with Gasteiger partial charge in [-0.1, -0.05) is 0 Å². The second kappa shape index (κ2) is 3.22. The molecule has 2 aromatic rings. The molecule has 0 bridgehead atoms. The van der Waals surface area contributed by atoms with Gasteiger partial charge in [0, 0.05) is 6.07 Å². The van der Waals surface area contributed by atoms with Crippen molar-refractivity contribution in [2.75, 3.05) is 14.2 Å². The van der Waals surface area contributed by atoms with Crippen LogP contribution in [-0.4, -0.2) is 19.2 Å². The predicted molar refractivity (Wildman–Crippen MR) is 52.7 cm³/mol. The SMILES string of the molecule is COc1cc(OC)c2ccsc2n1. The zero-order valence-corrected chi connectivity index (χ0v) is 8.22. The Bertz CT molecular complexity index is 424. The van der Waals surface area contributed by atoms with E-state index in [9.17, 15) is 0 Å². The summed E-state index contributed by atoms with van der Waals surface area (Å²) in [7, 11) is 3.24. The van der Waals surface area contributed by atoms with Gasteiger partial charge in [0.2, 0.25) is 5.88 Å². The van der Waals surface area contributed by atoms with Gasteiger partial charge in [0.25, 0.3) is 0 Å². The van der Waals surface area contributed by atoms with Crippen LogP contribution in [0.4, 0.5) is 0 Å². The van der Waals surface area contributed by atoms with Gasteiger partial charge in [-0.2, -0.15) is 0 Å². The van der Waals surface area contributed by atoms with Gasteiger partial charge in [-0.25, -0.2) is 4.98 Å². The summed E-state index contributed by atoms with van der Waals surface area (Å²) >= 11 is 1.58. The molecule has 68 valence electrons. The summed E-state index contributed by atoms with van der Waals surface area (Å²) < 4.78 is 10.3. The summed E-state index contributed by atoms with van der Waals surface area (Å²) in [4.78, 5) is 5.22. The fourth-order valence-electron chi connectivity index (χ4n) is 1.17. The van der Waals surface area contributed by atoms with E-state index in [4.69, 9.17) is 9.47 Å². The van der Waals surface area contributed by atoms with E-state index in [-0.39, 0.29) is 0 Å². The summed E-state index contributed by atoms with van der Waals surface area (Å²) in [6.07, 6.45) is 0. The molecule has 0 saturated carbocycles. The average Bonchev–Trinajstić information content (AvgIpc) is 2.63. The van der Waals surface area contributed by atoms with E-state index in [0.717, 1.165) is 16.0 Å². The van der Waals surface area contributed by atoms with Crippen molar-refractivity contribution in [2.24, 2.45) is 0 Å². The molecule has 0 spiro atoms. The summed E-state index contributed by atoms with van der Waals surface area (Å²) in [5.74, 6) is 1.40. The number of methoxy groups -OCH3 is 2. The number of aromatic nitrogens is 1. The Morgan fingerprint density at radius 1 is 1.31 bits per heavy atom. The van der Waals surface area contributed by atoms with Crippen LogP contribution in [0, 0.1) is 0 Å². The zero-order chi connectivity index (χ0) is 9.26. The molecule has 3 nitrogen and oxygen atoms in total.